The second-order valence-electron chi connectivity index (χ2n) is 11.3. The fourth-order valence-electron chi connectivity index (χ4n) is 6.01. The van der Waals surface area contributed by atoms with E-state index in [0.717, 1.165) is 0 Å². The third-order valence-electron chi connectivity index (χ3n) is 8.48. The predicted molar refractivity (Wildman–Crippen MR) is 168 cm³/mol. The predicted octanol–water partition coefficient (Wildman–Crippen LogP) is 3.62. The number of carbonyl (C=O) groups is 2. The minimum absolute atomic E-state index is 0.0242. The van der Waals surface area contributed by atoms with Crippen LogP contribution in [0.3, 0.4) is 0 Å². The lowest BCUT2D eigenvalue weighted by atomic mass is 9.93. The van der Waals surface area contributed by atoms with E-state index >= 15 is 0 Å². The summed E-state index contributed by atoms with van der Waals surface area (Å²) in [5.74, 6) is -2.84. The number of benzene rings is 2. The number of aromatic nitrogens is 3. The maximum Gasteiger partial charge on any atom is 0.255 e. The number of imidazole rings is 1. The van der Waals surface area contributed by atoms with E-state index in [0.29, 0.717) is 68.3 Å². The van der Waals surface area contributed by atoms with Crippen molar-refractivity contribution in [2.24, 2.45) is 5.92 Å². The van der Waals surface area contributed by atoms with Gasteiger partial charge in [0.1, 0.15) is 6.07 Å². The molecule has 2 aliphatic heterocycles. The van der Waals surface area contributed by atoms with Crippen LogP contribution in [0, 0.1) is 28.9 Å². The Morgan fingerprint density at radius 2 is 1.96 bits per heavy atom. The number of rotatable bonds is 8. The largest absolute Gasteiger partial charge is 0.476 e. The Balaban J connectivity index is 1.13. The Labute approximate surface area is 273 Å². The number of carbonyl (C=O) groups excluding carboxylic acids is 2. The van der Waals surface area contributed by atoms with E-state index in [2.05, 4.69) is 20.6 Å². The molecule has 0 aliphatic carbocycles. The lowest BCUT2D eigenvalue weighted by Crippen LogP contribution is -2.57. The molecule has 244 valence electrons. The first-order valence-electron chi connectivity index (χ1n) is 15.1. The molecule has 15 heteroatoms. The highest BCUT2D eigenvalue weighted by Gasteiger charge is 2.34. The molecule has 2 aliphatic rings. The van der Waals surface area contributed by atoms with Gasteiger partial charge in [-0.2, -0.15) is 9.65 Å². The average Bonchev–Trinajstić information content (AvgIpc) is 3.53. The molecule has 0 spiro atoms. The van der Waals surface area contributed by atoms with Crippen molar-refractivity contribution in [3.63, 3.8) is 0 Å². The Hall–Kier alpha value is -4.84. The number of anilines is 2. The van der Waals surface area contributed by atoms with Crippen LogP contribution in [-0.4, -0.2) is 93.1 Å². The van der Waals surface area contributed by atoms with Crippen molar-refractivity contribution in [1.29, 1.82) is 5.26 Å². The highest BCUT2D eigenvalue weighted by Crippen LogP contribution is 2.32. The average molecular weight is 665 g/mol. The molecule has 2 saturated heterocycles. The summed E-state index contributed by atoms with van der Waals surface area (Å²) in [6, 6.07) is 8.96. The minimum Gasteiger partial charge on any atom is -0.476 e. The summed E-state index contributed by atoms with van der Waals surface area (Å²) in [5.41, 5.74) is 1.37. The Morgan fingerprint density at radius 1 is 1.15 bits per heavy atom. The fourth-order valence-corrected chi connectivity index (χ4v) is 6.27. The van der Waals surface area contributed by atoms with Crippen molar-refractivity contribution in [2.75, 3.05) is 51.3 Å². The monoisotopic (exact) mass is 664 g/mol. The van der Waals surface area contributed by atoms with Crippen LogP contribution < -0.4 is 15.4 Å². The minimum atomic E-state index is -1.21. The Bertz CT molecular complexity index is 1860. The van der Waals surface area contributed by atoms with Crippen molar-refractivity contribution in [1.82, 2.24) is 29.5 Å². The zero-order chi connectivity index (χ0) is 33.1. The number of aliphatic hydroxyl groups is 1. The van der Waals surface area contributed by atoms with Gasteiger partial charge < -0.3 is 30.3 Å². The van der Waals surface area contributed by atoms with E-state index in [1.165, 1.54) is 24.5 Å². The number of likely N-dealkylation sites (tertiary alicyclic amines) is 1. The van der Waals surface area contributed by atoms with Crippen molar-refractivity contribution in [3.8, 4) is 23.1 Å². The summed E-state index contributed by atoms with van der Waals surface area (Å²) in [6.07, 6.45) is 5.47. The second kappa shape index (κ2) is 13.9. The van der Waals surface area contributed by atoms with Gasteiger partial charge in [0, 0.05) is 62.3 Å². The van der Waals surface area contributed by atoms with E-state index < -0.39 is 18.2 Å². The number of halogens is 3. The molecule has 1 atom stereocenters. The number of hydrogen-bond acceptors (Lipinski definition) is 9. The van der Waals surface area contributed by atoms with Gasteiger partial charge in [-0.3, -0.25) is 14.0 Å². The number of nitrogens with one attached hydrogen (secondary N) is 2. The number of fused-ring (bicyclic) bond motifs is 1. The van der Waals surface area contributed by atoms with Gasteiger partial charge in [-0.25, -0.2) is 14.4 Å². The summed E-state index contributed by atoms with van der Waals surface area (Å²) < 4.78 is 36.1. The molecule has 47 heavy (non-hydrogen) atoms. The van der Waals surface area contributed by atoms with E-state index in [4.69, 9.17) is 21.6 Å². The molecule has 2 amide bonds. The smallest absolute Gasteiger partial charge is 0.255 e. The maximum atomic E-state index is 15.0. The van der Waals surface area contributed by atoms with E-state index in [1.54, 1.807) is 44.7 Å². The van der Waals surface area contributed by atoms with Crippen molar-refractivity contribution >= 4 is 40.6 Å². The van der Waals surface area contributed by atoms with Gasteiger partial charge in [0.15, 0.2) is 29.6 Å². The molecular weight excluding hydrogens is 634 g/mol. The standard InChI is InChI=1S/C32H31ClF2N8O4/c33-24-15-20(1-2-22(24)32(46)41-10-5-19(6-11-41)31(45)42-12-8-37-16-21(42)18-44)40-29-30-39-17-25(43(30)13-9-38-29)23-3-4-26(47-14-7-36)28(35)27(23)34/h1-4,9,13,15,17,19,21,37,44H,5-6,8,10-12,14,16,18H2,(H,38,40). The van der Waals surface area contributed by atoms with Crippen molar-refractivity contribution < 1.29 is 28.2 Å². The number of amides is 2. The molecule has 0 bridgehead atoms. The zero-order valence-corrected chi connectivity index (χ0v) is 25.9. The second-order valence-corrected chi connectivity index (χ2v) is 11.7. The van der Waals surface area contributed by atoms with Crippen LogP contribution in [0.5, 0.6) is 5.75 Å². The molecule has 2 aromatic carbocycles. The summed E-state index contributed by atoms with van der Waals surface area (Å²) in [7, 11) is 0. The van der Waals surface area contributed by atoms with Crippen LogP contribution in [0.1, 0.15) is 23.2 Å². The number of ether oxygens (including phenoxy) is 1. The van der Waals surface area contributed by atoms with Gasteiger partial charge in [-0.15, -0.1) is 0 Å². The summed E-state index contributed by atoms with van der Waals surface area (Å²) >= 11 is 6.58. The lowest BCUT2D eigenvalue weighted by Gasteiger charge is -2.39. The number of nitrogens with zero attached hydrogens (tertiary/aromatic N) is 6. The fraction of sp³-hybridized carbons (Fsp3) is 0.344. The van der Waals surface area contributed by atoms with Crippen molar-refractivity contribution in [3.05, 3.63) is 71.1 Å². The summed E-state index contributed by atoms with van der Waals surface area (Å²) in [6.45, 7) is 2.12. The molecule has 1 unspecified atom stereocenters. The van der Waals surface area contributed by atoms with Gasteiger partial charge in [0.2, 0.25) is 11.7 Å². The molecule has 2 fully saturated rings. The van der Waals surface area contributed by atoms with Crippen LogP contribution in [0.15, 0.2) is 48.9 Å². The third-order valence-corrected chi connectivity index (χ3v) is 8.79. The van der Waals surface area contributed by atoms with E-state index in [-0.39, 0.29) is 52.4 Å². The van der Waals surface area contributed by atoms with Crippen LogP contribution in [0.25, 0.3) is 16.9 Å². The molecule has 3 N–H and O–H groups in total. The lowest BCUT2D eigenvalue weighted by molar-refractivity contribution is -0.141. The molecule has 4 heterocycles. The van der Waals surface area contributed by atoms with Gasteiger partial charge in [0.05, 0.1) is 35.1 Å². The number of piperazine rings is 1. The molecular formula is C32H31ClF2N8O4. The van der Waals surface area contributed by atoms with Gasteiger partial charge in [-0.1, -0.05) is 11.6 Å². The van der Waals surface area contributed by atoms with Crippen LogP contribution in [0.2, 0.25) is 5.02 Å². The molecule has 0 saturated carbocycles. The first-order chi connectivity index (χ1) is 22.8. The van der Waals surface area contributed by atoms with Crippen molar-refractivity contribution in [2.45, 2.75) is 18.9 Å². The van der Waals surface area contributed by atoms with Gasteiger partial charge in [0.25, 0.3) is 5.91 Å². The summed E-state index contributed by atoms with van der Waals surface area (Å²) in [4.78, 5) is 38.7. The molecule has 0 radical (unpaired) electrons. The first kappa shape index (κ1) is 32.1. The highest BCUT2D eigenvalue weighted by molar-refractivity contribution is 6.34. The van der Waals surface area contributed by atoms with Crippen LogP contribution >= 0.6 is 11.6 Å². The van der Waals surface area contributed by atoms with Crippen LogP contribution in [-0.2, 0) is 4.79 Å². The Morgan fingerprint density at radius 3 is 2.70 bits per heavy atom. The Kier molecular flexibility index (Phi) is 9.48. The molecule has 12 nitrogen and oxygen atoms in total. The molecule has 2 aromatic heterocycles. The first-order valence-corrected chi connectivity index (χ1v) is 15.5. The zero-order valence-electron chi connectivity index (χ0n) is 25.1. The maximum absolute atomic E-state index is 15.0. The topological polar surface area (TPSA) is 148 Å². The number of aliphatic hydroxyl groups excluding tert-OH is 1. The number of nitriles is 1. The molecule has 6 rings (SSSR count). The highest BCUT2D eigenvalue weighted by atomic mass is 35.5. The number of hydrogen-bond donors (Lipinski definition) is 3. The SMILES string of the molecule is N#CCOc1ccc(-c2cnc3c(Nc4ccc(C(=O)N5CCC(C(=O)N6CCNCC6CO)CC5)c(Cl)c4)nccn23)c(F)c1F. The normalized spacial score (nSPS) is 17.0. The van der Waals surface area contributed by atoms with E-state index in [9.17, 15) is 23.5 Å². The van der Waals surface area contributed by atoms with Gasteiger partial charge >= 0.3 is 0 Å². The van der Waals surface area contributed by atoms with Crippen LogP contribution in [0.4, 0.5) is 20.3 Å². The van der Waals surface area contributed by atoms with Gasteiger partial charge in [-0.05, 0) is 43.2 Å². The quantitative estimate of drug-likeness (QED) is 0.257. The summed E-state index contributed by atoms with van der Waals surface area (Å²) in [5, 5.41) is 24.9. The molecule has 4 aromatic rings. The number of piperidine rings is 1. The third kappa shape index (κ3) is 6.42. The van der Waals surface area contributed by atoms with E-state index in [1.807, 2.05) is 0 Å².